The molecule has 1 atom stereocenters. The Labute approximate surface area is 52.0 Å². The van der Waals surface area contributed by atoms with E-state index < -0.39 is 0 Å². The van der Waals surface area contributed by atoms with Crippen LogP contribution in [0.3, 0.4) is 0 Å². The van der Waals surface area contributed by atoms with Crippen LogP contribution in [0.15, 0.2) is 0 Å². The molecule has 0 unspecified atom stereocenters. The molecule has 0 heterocycles. The molecule has 1 heteroatoms. The van der Waals surface area contributed by atoms with Crippen molar-refractivity contribution >= 4 is 0 Å². The number of ether oxygens (including phenoxy) is 1. The summed E-state index contributed by atoms with van der Waals surface area (Å²) in [5.74, 6) is 0.731. The molecular formula is C7H16O. The summed E-state index contributed by atoms with van der Waals surface area (Å²) in [6.45, 7) is 8.19. The standard InChI is InChI=1S/C7H16O/c1-4-7(3)6-8-5-2/h7H,4-6H2,1-3H3/t7-/m0/s1. The van der Waals surface area contributed by atoms with Crippen LogP contribution in [-0.4, -0.2) is 13.2 Å². The van der Waals surface area contributed by atoms with E-state index >= 15 is 0 Å². The van der Waals surface area contributed by atoms with Gasteiger partial charge in [-0.2, -0.15) is 0 Å². The van der Waals surface area contributed by atoms with Crippen molar-refractivity contribution < 1.29 is 4.74 Å². The van der Waals surface area contributed by atoms with Crippen molar-refractivity contribution in [2.45, 2.75) is 27.2 Å². The first kappa shape index (κ1) is 7.96. The van der Waals surface area contributed by atoms with Crippen molar-refractivity contribution in [1.29, 1.82) is 0 Å². The third-order valence-corrected chi connectivity index (χ3v) is 1.30. The maximum atomic E-state index is 5.19. The molecule has 0 amide bonds. The van der Waals surface area contributed by atoms with E-state index in [0.717, 1.165) is 19.1 Å². The van der Waals surface area contributed by atoms with E-state index in [1.54, 1.807) is 0 Å². The van der Waals surface area contributed by atoms with Gasteiger partial charge in [0.1, 0.15) is 0 Å². The van der Waals surface area contributed by atoms with Gasteiger partial charge in [-0.3, -0.25) is 0 Å². The monoisotopic (exact) mass is 116 g/mol. The fourth-order valence-electron chi connectivity index (χ4n) is 0.437. The predicted octanol–water partition coefficient (Wildman–Crippen LogP) is 2.07. The number of hydrogen-bond acceptors (Lipinski definition) is 1. The third kappa shape index (κ3) is 4.13. The summed E-state index contributed by atoms with van der Waals surface area (Å²) < 4.78 is 5.19. The molecule has 0 saturated carbocycles. The topological polar surface area (TPSA) is 9.23 Å². The summed E-state index contributed by atoms with van der Waals surface area (Å²) in [5.41, 5.74) is 0. The minimum atomic E-state index is 0.731. The zero-order valence-electron chi connectivity index (χ0n) is 6.11. The van der Waals surface area contributed by atoms with Gasteiger partial charge in [-0.25, -0.2) is 0 Å². The lowest BCUT2D eigenvalue weighted by atomic mass is 10.1. The van der Waals surface area contributed by atoms with Gasteiger partial charge >= 0.3 is 0 Å². The molecule has 0 saturated heterocycles. The quantitative estimate of drug-likeness (QED) is 0.546. The molecule has 0 fully saturated rings. The normalized spacial score (nSPS) is 13.9. The summed E-state index contributed by atoms with van der Waals surface area (Å²) in [6, 6.07) is 0. The molecule has 0 spiro atoms. The number of rotatable bonds is 4. The summed E-state index contributed by atoms with van der Waals surface area (Å²) >= 11 is 0. The van der Waals surface area contributed by atoms with Crippen LogP contribution in [0.25, 0.3) is 0 Å². The fourth-order valence-corrected chi connectivity index (χ4v) is 0.437. The SMILES string of the molecule is CCOC[C@@H](C)CC. The van der Waals surface area contributed by atoms with Gasteiger partial charge in [-0.15, -0.1) is 0 Å². The van der Waals surface area contributed by atoms with E-state index in [-0.39, 0.29) is 0 Å². The molecule has 0 aromatic heterocycles. The largest absolute Gasteiger partial charge is 0.381 e. The van der Waals surface area contributed by atoms with Gasteiger partial charge in [0.05, 0.1) is 0 Å². The van der Waals surface area contributed by atoms with Crippen LogP contribution in [0.4, 0.5) is 0 Å². The molecule has 0 aromatic rings. The molecule has 50 valence electrons. The first-order chi connectivity index (χ1) is 3.81. The second kappa shape index (κ2) is 5.10. The van der Waals surface area contributed by atoms with Gasteiger partial charge in [0, 0.05) is 13.2 Å². The lowest BCUT2D eigenvalue weighted by Crippen LogP contribution is -2.03. The van der Waals surface area contributed by atoms with Gasteiger partial charge in [0.2, 0.25) is 0 Å². The molecule has 0 N–H and O–H groups in total. The summed E-state index contributed by atoms with van der Waals surface area (Å²) in [6.07, 6.45) is 1.22. The van der Waals surface area contributed by atoms with E-state index in [2.05, 4.69) is 13.8 Å². The van der Waals surface area contributed by atoms with Crippen molar-refractivity contribution in [3.63, 3.8) is 0 Å². The summed E-state index contributed by atoms with van der Waals surface area (Å²) in [4.78, 5) is 0. The predicted molar refractivity (Wildman–Crippen MR) is 35.9 cm³/mol. The Morgan fingerprint density at radius 2 is 2.00 bits per heavy atom. The number of hydrogen-bond donors (Lipinski definition) is 0. The fraction of sp³-hybridized carbons (Fsp3) is 1.00. The summed E-state index contributed by atoms with van der Waals surface area (Å²) in [7, 11) is 0. The van der Waals surface area contributed by atoms with E-state index in [1.807, 2.05) is 6.92 Å². The Bertz CT molecular complexity index is 43.7. The minimum absolute atomic E-state index is 0.731. The van der Waals surface area contributed by atoms with Crippen molar-refractivity contribution in [2.75, 3.05) is 13.2 Å². The Hall–Kier alpha value is -0.0400. The zero-order valence-corrected chi connectivity index (χ0v) is 6.11. The molecular weight excluding hydrogens is 100 g/mol. The maximum Gasteiger partial charge on any atom is 0.0491 e. The Morgan fingerprint density at radius 1 is 1.38 bits per heavy atom. The first-order valence-electron chi connectivity index (χ1n) is 3.39. The van der Waals surface area contributed by atoms with Crippen molar-refractivity contribution in [3.8, 4) is 0 Å². The van der Waals surface area contributed by atoms with Crippen LogP contribution >= 0.6 is 0 Å². The van der Waals surface area contributed by atoms with E-state index in [1.165, 1.54) is 6.42 Å². The van der Waals surface area contributed by atoms with Gasteiger partial charge in [-0.05, 0) is 12.8 Å². The average molecular weight is 116 g/mol. The highest BCUT2D eigenvalue weighted by atomic mass is 16.5. The van der Waals surface area contributed by atoms with Crippen LogP contribution in [0, 0.1) is 5.92 Å². The van der Waals surface area contributed by atoms with E-state index in [0.29, 0.717) is 0 Å². The molecule has 8 heavy (non-hydrogen) atoms. The van der Waals surface area contributed by atoms with Gasteiger partial charge in [-0.1, -0.05) is 20.3 Å². The van der Waals surface area contributed by atoms with Crippen LogP contribution in [0.1, 0.15) is 27.2 Å². The van der Waals surface area contributed by atoms with Crippen LogP contribution in [-0.2, 0) is 4.74 Å². The Morgan fingerprint density at radius 3 is 2.38 bits per heavy atom. The van der Waals surface area contributed by atoms with E-state index in [9.17, 15) is 0 Å². The Kier molecular flexibility index (Phi) is 5.08. The first-order valence-corrected chi connectivity index (χ1v) is 3.39. The minimum Gasteiger partial charge on any atom is -0.381 e. The van der Waals surface area contributed by atoms with Gasteiger partial charge < -0.3 is 4.74 Å². The Balaban J connectivity index is 2.86. The highest BCUT2D eigenvalue weighted by molar-refractivity contribution is 4.44. The average Bonchev–Trinajstić information content (AvgIpc) is 1.83. The second-order valence-electron chi connectivity index (χ2n) is 2.17. The van der Waals surface area contributed by atoms with Crippen LogP contribution in [0.5, 0.6) is 0 Å². The lowest BCUT2D eigenvalue weighted by molar-refractivity contribution is 0.115. The molecule has 0 radical (unpaired) electrons. The van der Waals surface area contributed by atoms with Crippen molar-refractivity contribution in [3.05, 3.63) is 0 Å². The highest BCUT2D eigenvalue weighted by Gasteiger charge is 1.94. The zero-order chi connectivity index (χ0) is 6.41. The maximum absolute atomic E-state index is 5.19. The lowest BCUT2D eigenvalue weighted by Gasteiger charge is -2.05. The smallest absolute Gasteiger partial charge is 0.0491 e. The molecule has 1 nitrogen and oxygen atoms in total. The van der Waals surface area contributed by atoms with Crippen LogP contribution in [0.2, 0.25) is 0 Å². The summed E-state index contributed by atoms with van der Waals surface area (Å²) in [5, 5.41) is 0. The van der Waals surface area contributed by atoms with Gasteiger partial charge in [0.15, 0.2) is 0 Å². The van der Waals surface area contributed by atoms with Crippen molar-refractivity contribution in [2.24, 2.45) is 5.92 Å². The molecule has 0 aromatic carbocycles. The molecule has 0 aliphatic carbocycles. The molecule has 0 rings (SSSR count). The van der Waals surface area contributed by atoms with E-state index in [4.69, 9.17) is 4.74 Å². The van der Waals surface area contributed by atoms with Crippen molar-refractivity contribution in [1.82, 2.24) is 0 Å². The molecule has 0 bridgehead atoms. The third-order valence-electron chi connectivity index (χ3n) is 1.30. The molecule has 0 aliphatic rings. The van der Waals surface area contributed by atoms with Gasteiger partial charge in [0.25, 0.3) is 0 Å². The highest BCUT2D eigenvalue weighted by Crippen LogP contribution is 1.99. The second-order valence-corrected chi connectivity index (χ2v) is 2.17. The van der Waals surface area contributed by atoms with Crippen LogP contribution < -0.4 is 0 Å². The molecule has 0 aliphatic heterocycles.